The second-order valence-electron chi connectivity index (χ2n) is 9.93. The number of methoxy groups -OCH3 is 1. The number of aromatic nitrogens is 2. The SMILES string of the molecule is COc1ccccc1-n1c(NN=Cc2ccccc2)nc2c(c1=O)C1(CCCCC1)Cc1ccccc1-2. The molecule has 1 fully saturated rings. The highest BCUT2D eigenvalue weighted by Crippen LogP contribution is 2.49. The van der Waals surface area contributed by atoms with E-state index in [1.54, 1.807) is 17.9 Å². The van der Waals surface area contributed by atoms with Crippen molar-refractivity contribution in [1.82, 2.24) is 9.55 Å². The zero-order valence-corrected chi connectivity index (χ0v) is 21.0. The maximum absolute atomic E-state index is 14.6. The molecule has 1 spiro atoms. The summed E-state index contributed by atoms with van der Waals surface area (Å²) in [5.41, 5.74) is 8.33. The standard InChI is InChI=1S/C31H30N4O2/c1-37-26-17-9-8-16-25(26)35-29(36)27-28(33-30(35)34-32-21-22-12-4-2-5-13-22)24-15-7-6-14-23(24)20-31(27)18-10-3-11-19-31/h2,4-9,12-17,21H,3,10-11,18-20H2,1H3,(H,33,34). The number of para-hydroxylation sites is 2. The molecule has 0 bridgehead atoms. The molecule has 0 unspecified atom stereocenters. The van der Waals surface area contributed by atoms with Gasteiger partial charge in [0.05, 0.1) is 30.3 Å². The van der Waals surface area contributed by atoms with E-state index < -0.39 is 0 Å². The van der Waals surface area contributed by atoms with Crippen LogP contribution in [0.2, 0.25) is 0 Å². The molecule has 3 aromatic carbocycles. The summed E-state index contributed by atoms with van der Waals surface area (Å²) >= 11 is 0. The van der Waals surface area contributed by atoms with E-state index in [2.05, 4.69) is 28.7 Å². The highest BCUT2D eigenvalue weighted by molar-refractivity contribution is 5.80. The molecule has 37 heavy (non-hydrogen) atoms. The first-order valence-corrected chi connectivity index (χ1v) is 12.9. The van der Waals surface area contributed by atoms with Crippen LogP contribution in [0, 0.1) is 0 Å². The van der Waals surface area contributed by atoms with Gasteiger partial charge in [0, 0.05) is 11.0 Å². The maximum atomic E-state index is 14.6. The van der Waals surface area contributed by atoms with E-state index in [0.29, 0.717) is 17.4 Å². The molecule has 0 amide bonds. The number of hydrazone groups is 1. The Kier molecular flexibility index (Phi) is 6.08. The number of ether oxygens (including phenoxy) is 1. The van der Waals surface area contributed by atoms with Gasteiger partial charge in [-0.15, -0.1) is 0 Å². The van der Waals surface area contributed by atoms with Crippen LogP contribution >= 0.6 is 0 Å². The van der Waals surface area contributed by atoms with Crippen LogP contribution in [0.4, 0.5) is 5.95 Å². The summed E-state index contributed by atoms with van der Waals surface area (Å²) in [5.74, 6) is 0.971. The Morgan fingerprint density at radius 3 is 2.49 bits per heavy atom. The Labute approximate surface area is 216 Å². The fourth-order valence-electron chi connectivity index (χ4n) is 6.02. The summed E-state index contributed by atoms with van der Waals surface area (Å²) in [7, 11) is 1.62. The molecule has 1 heterocycles. The van der Waals surface area contributed by atoms with Gasteiger partial charge in [-0.05, 0) is 42.5 Å². The molecule has 6 heteroatoms. The molecule has 186 valence electrons. The minimum atomic E-state index is -0.207. The van der Waals surface area contributed by atoms with Crippen LogP contribution in [0.3, 0.4) is 0 Å². The van der Waals surface area contributed by atoms with Gasteiger partial charge in [0.2, 0.25) is 5.95 Å². The lowest BCUT2D eigenvalue weighted by molar-refractivity contribution is 0.284. The molecule has 1 saturated carbocycles. The Bertz CT molecular complexity index is 1520. The number of nitrogens with zero attached hydrogens (tertiary/aromatic N) is 3. The molecule has 0 saturated heterocycles. The Hall–Kier alpha value is -4.19. The van der Waals surface area contributed by atoms with Gasteiger partial charge in [0.15, 0.2) is 0 Å². The Morgan fingerprint density at radius 1 is 0.946 bits per heavy atom. The van der Waals surface area contributed by atoms with Crippen LogP contribution in [-0.4, -0.2) is 22.9 Å². The summed E-state index contributed by atoms with van der Waals surface area (Å²) in [6.45, 7) is 0. The molecule has 1 N–H and O–H groups in total. The van der Waals surface area contributed by atoms with E-state index in [-0.39, 0.29) is 11.0 Å². The number of hydrogen-bond acceptors (Lipinski definition) is 5. The van der Waals surface area contributed by atoms with E-state index in [1.807, 2.05) is 60.7 Å². The first kappa shape index (κ1) is 23.2. The van der Waals surface area contributed by atoms with Crippen molar-refractivity contribution in [3.05, 3.63) is 106 Å². The Balaban J connectivity index is 1.60. The highest BCUT2D eigenvalue weighted by atomic mass is 16.5. The minimum Gasteiger partial charge on any atom is -0.495 e. The topological polar surface area (TPSA) is 68.5 Å². The fraction of sp³-hybridized carbons (Fsp3) is 0.258. The molecule has 0 radical (unpaired) electrons. The zero-order chi connectivity index (χ0) is 25.2. The van der Waals surface area contributed by atoms with Crippen LogP contribution in [0.5, 0.6) is 5.75 Å². The summed E-state index contributed by atoms with van der Waals surface area (Å²) in [4.78, 5) is 19.7. The van der Waals surface area contributed by atoms with E-state index in [4.69, 9.17) is 9.72 Å². The molecular weight excluding hydrogens is 460 g/mol. The molecule has 4 aromatic rings. The van der Waals surface area contributed by atoms with E-state index in [9.17, 15) is 4.79 Å². The van der Waals surface area contributed by atoms with Gasteiger partial charge >= 0.3 is 0 Å². The number of rotatable bonds is 5. The average molecular weight is 491 g/mol. The molecule has 2 aliphatic carbocycles. The first-order valence-electron chi connectivity index (χ1n) is 12.9. The van der Waals surface area contributed by atoms with Crippen LogP contribution in [-0.2, 0) is 11.8 Å². The second kappa shape index (κ2) is 9.69. The summed E-state index contributed by atoms with van der Waals surface area (Å²) in [6, 6.07) is 25.8. The van der Waals surface area contributed by atoms with Crippen molar-refractivity contribution in [2.24, 2.45) is 5.10 Å². The highest BCUT2D eigenvalue weighted by Gasteiger charge is 2.43. The van der Waals surface area contributed by atoms with Crippen LogP contribution in [0.1, 0.15) is 48.8 Å². The van der Waals surface area contributed by atoms with E-state index in [1.165, 1.54) is 12.0 Å². The molecule has 6 nitrogen and oxygen atoms in total. The van der Waals surface area contributed by atoms with Gasteiger partial charge in [0.1, 0.15) is 5.75 Å². The van der Waals surface area contributed by atoms with Gasteiger partial charge in [-0.25, -0.2) is 15.0 Å². The average Bonchev–Trinajstić information content (AvgIpc) is 2.94. The van der Waals surface area contributed by atoms with E-state index >= 15 is 0 Å². The van der Waals surface area contributed by atoms with Gasteiger partial charge in [-0.3, -0.25) is 4.79 Å². The second-order valence-corrected chi connectivity index (χ2v) is 9.93. The van der Waals surface area contributed by atoms with E-state index in [0.717, 1.165) is 54.5 Å². The third kappa shape index (κ3) is 4.12. The predicted molar refractivity (Wildman–Crippen MR) is 148 cm³/mol. The minimum absolute atomic E-state index is 0.0525. The lowest BCUT2D eigenvalue weighted by Gasteiger charge is -2.42. The van der Waals surface area contributed by atoms with Crippen molar-refractivity contribution in [2.45, 2.75) is 43.9 Å². The lowest BCUT2D eigenvalue weighted by atomic mass is 9.62. The van der Waals surface area contributed by atoms with Crippen molar-refractivity contribution in [2.75, 3.05) is 12.5 Å². The van der Waals surface area contributed by atoms with Crippen molar-refractivity contribution >= 4 is 12.2 Å². The zero-order valence-electron chi connectivity index (χ0n) is 21.0. The van der Waals surface area contributed by atoms with Gasteiger partial charge < -0.3 is 4.74 Å². The molecular formula is C31H30N4O2. The van der Waals surface area contributed by atoms with Gasteiger partial charge in [0.25, 0.3) is 5.56 Å². The van der Waals surface area contributed by atoms with Crippen LogP contribution < -0.4 is 15.7 Å². The van der Waals surface area contributed by atoms with Crippen molar-refractivity contribution in [3.8, 4) is 22.7 Å². The molecule has 2 aliphatic rings. The lowest BCUT2D eigenvalue weighted by Crippen LogP contribution is -2.43. The van der Waals surface area contributed by atoms with Crippen molar-refractivity contribution in [3.63, 3.8) is 0 Å². The van der Waals surface area contributed by atoms with Crippen molar-refractivity contribution in [1.29, 1.82) is 0 Å². The Morgan fingerprint density at radius 2 is 1.68 bits per heavy atom. The molecule has 0 atom stereocenters. The quantitative estimate of drug-likeness (QED) is 0.271. The predicted octanol–water partition coefficient (Wildman–Crippen LogP) is 6.11. The number of anilines is 1. The summed E-state index contributed by atoms with van der Waals surface area (Å²) in [5, 5.41) is 4.47. The van der Waals surface area contributed by atoms with Crippen LogP contribution in [0.25, 0.3) is 16.9 Å². The molecule has 0 aliphatic heterocycles. The summed E-state index contributed by atoms with van der Waals surface area (Å²) in [6.07, 6.45) is 8.05. The third-order valence-electron chi connectivity index (χ3n) is 7.73. The summed E-state index contributed by atoms with van der Waals surface area (Å²) < 4.78 is 7.31. The van der Waals surface area contributed by atoms with Gasteiger partial charge in [-0.2, -0.15) is 5.10 Å². The molecule has 1 aromatic heterocycles. The smallest absolute Gasteiger partial charge is 0.264 e. The third-order valence-corrected chi connectivity index (χ3v) is 7.73. The normalized spacial score (nSPS) is 15.8. The maximum Gasteiger partial charge on any atom is 0.264 e. The monoisotopic (exact) mass is 490 g/mol. The number of nitrogens with one attached hydrogen (secondary N) is 1. The number of fused-ring (bicyclic) bond motifs is 4. The van der Waals surface area contributed by atoms with Crippen LogP contribution in [0.15, 0.2) is 88.8 Å². The van der Waals surface area contributed by atoms with Crippen molar-refractivity contribution < 1.29 is 4.74 Å². The largest absolute Gasteiger partial charge is 0.495 e. The molecule has 6 rings (SSSR count). The van der Waals surface area contributed by atoms with Gasteiger partial charge in [-0.1, -0.05) is 86.0 Å². The fourth-order valence-corrected chi connectivity index (χ4v) is 6.02. The number of benzene rings is 3. The number of hydrogen-bond donors (Lipinski definition) is 1. The first-order chi connectivity index (χ1) is 18.2.